The topological polar surface area (TPSA) is 68.8 Å². The molecule has 0 aromatic carbocycles. The molecule has 0 atom stereocenters. The van der Waals surface area contributed by atoms with E-state index in [2.05, 4.69) is 15.4 Å². The van der Waals surface area contributed by atoms with Gasteiger partial charge in [0.2, 0.25) is 0 Å². The van der Waals surface area contributed by atoms with Crippen molar-refractivity contribution in [3.8, 4) is 0 Å². The van der Waals surface area contributed by atoms with E-state index in [0.717, 1.165) is 18.8 Å². The molecule has 2 rings (SSSR count). The van der Waals surface area contributed by atoms with Crippen LogP contribution in [0.15, 0.2) is 36.9 Å². The summed E-state index contributed by atoms with van der Waals surface area (Å²) in [6.07, 6.45) is 7.04. The molecule has 2 heterocycles. The van der Waals surface area contributed by atoms with Gasteiger partial charge in [0.1, 0.15) is 0 Å². The Hall–Kier alpha value is -2.04. The van der Waals surface area contributed by atoms with Crippen LogP contribution in [0.2, 0.25) is 0 Å². The fraction of sp³-hybridized carbons (Fsp3) is 0.200. The largest absolute Gasteiger partial charge is 0.396 e. The summed E-state index contributed by atoms with van der Waals surface area (Å²) < 4.78 is 1.87. The Kier molecular flexibility index (Phi) is 2.82. The number of nitrogens with one attached hydrogen (secondary N) is 1. The quantitative estimate of drug-likeness (QED) is 0.777. The van der Waals surface area contributed by atoms with Crippen LogP contribution in [0, 0.1) is 0 Å². The lowest BCUT2D eigenvalue weighted by molar-refractivity contribution is 0.638. The molecule has 5 nitrogen and oxygen atoms in total. The third kappa shape index (κ3) is 2.46. The molecular formula is C10H13N5. The molecule has 0 aliphatic heterocycles. The number of aromatic nitrogens is 3. The minimum absolute atomic E-state index is 0.665. The zero-order chi connectivity index (χ0) is 10.5. The third-order valence-corrected chi connectivity index (χ3v) is 2.07. The van der Waals surface area contributed by atoms with E-state index in [0.29, 0.717) is 5.69 Å². The molecule has 0 unspecified atom stereocenters. The van der Waals surface area contributed by atoms with Crippen LogP contribution in [0.3, 0.4) is 0 Å². The minimum Gasteiger partial charge on any atom is -0.396 e. The van der Waals surface area contributed by atoms with Gasteiger partial charge in [-0.3, -0.25) is 9.67 Å². The van der Waals surface area contributed by atoms with Gasteiger partial charge in [-0.2, -0.15) is 5.10 Å². The lowest BCUT2D eigenvalue weighted by atomic mass is 10.3. The van der Waals surface area contributed by atoms with Gasteiger partial charge >= 0.3 is 0 Å². The van der Waals surface area contributed by atoms with Gasteiger partial charge in [0, 0.05) is 25.1 Å². The Morgan fingerprint density at radius 2 is 2.33 bits per heavy atom. The first kappa shape index (κ1) is 9.51. The van der Waals surface area contributed by atoms with Gasteiger partial charge in [-0.15, -0.1) is 0 Å². The number of nitrogens with zero attached hydrogens (tertiary/aromatic N) is 3. The molecule has 78 valence electrons. The van der Waals surface area contributed by atoms with Crippen LogP contribution in [-0.4, -0.2) is 21.3 Å². The van der Waals surface area contributed by atoms with Crippen LogP contribution < -0.4 is 11.1 Å². The van der Waals surface area contributed by atoms with Crippen molar-refractivity contribution in [1.29, 1.82) is 0 Å². The highest BCUT2D eigenvalue weighted by Gasteiger charge is 1.96. The van der Waals surface area contributed by atoms with Gasteiger partial charge < -0.3 is 11.1 Å². The number of rotatable bonds is 4. The van der Waals surface area contributed by atoms with E-state index in [1.807, 2.05) is 23.0 Å². The normalized spacial score (nSPS) is 10.1. The van der Waals surface area contributed by atoms with E-state index < -0.39 is 0 Å². The van der Waals surface area contributed by atoms with E-state index in [1.165, 1.54) is 0 Å². The molecule has 0 spiro atoms. The van der Waals surface area contributed by atoms with Crippen LogP contribution in [0.5, 0.6) is 0 Å². The van der Waals surface area contributed by atoms with Crippen LogP contribution in [-0.2, 0) is 6.54 Å². The number of nitrogens with two attached hydrogens (primary N) is 1. The Morgan fingerprint density at radius 1 is 1.40 bits per heavy atom. The molecule has 0 amide bonds. The standard InChI is InChI=1S/C10H13N5/c11-9-8-12-4-2-10(9)13-5-7-15-6-1-3-14-15/h1-4,6,8H,5,7,11H2,(H,12,13). The Bertz CT molecular complexity index is 410. The molecule has 2 aromatic heterocycles. The molecular weight excluding hydrogens is 190 g/mol. The molecule has 3 N–H and O–H groups in total. The third-order valence-electron chi connectivity index (χ3n) is 2.07. The second-order valence-corrected chi connectivity index (χ2v) is 3.16. The average molecular weight is 203 g/mol. The minimum atomic E-state index is 0.665. The molecule has 0 fully saturated rings. The van der Waals surface area contributed by atoms with Crippen molar-refractivity contribution in [3.05, 3.63) is 36.9 Å². The van der Waals surface area contributed by atoms with Gasteiger partial charge in [0.15, 0.2) is 0 Å². The predicted molar refractivity (Wildman–Crippen MR) is 59.4 cm³/mol. The monoisotopic (exact) mass is 203 g/mol. The van der Waals surface area contributed by atoms with E-state index >= 15 is 0 Å². The second-order valence-electron chi connectivity index (χ2n) is 3.16. The Labute approximate surface area is 87.9 Å². The summed E-state index contributed by atoms with van der Waals surface area (Å²) in [6, 6.07) is 3.76. The molecule has 0 saturated carbocycles. The van der Waals surface area contributed by atoms with Crippen molar-refractivity contribution >= 4 is 11.4 Å². The zero-order valence-corrected chi connectivity index (χ0v) is 8.30. The fourth-order valence-corrected chi connectivity index (χ4v) is 1.31. The zero-order valence-electron chi connectivity index (χ0n) is 8.30. The maximum atomic E-state index is 5.73. The summed E-state index contributed by atoms with van der Waals surface area (Å²) in [7, 11) is 0. The molecule has 0 radical (unpaired) electrons. The number of pyridine rings is 1. The van der Waals surface area contributed by atoms with E-state index in [1.54, 1.807) is 18.6 Å². The van der Waals surface area contributed by atoms with Crippen molar-refractivity contribution < 1.29 is 0 Å². The number of hydrogen-bond acceptors (Lipinski definition) is 4. The van der Waals surface area contributed by atoms with Crippen LogP contribution in [0.4, 0.5) is 11.4 Å². The predicted octanol–water partition coefficient (Wildman–Crippen LogP) is 0.972. The molecule has 0 bridgehead atoms. The maximum absolute atomic E-state index is 5.73. The highest BCUT2D eigenvalue weighted by molar-refractivity contribution is 5.63. The summed E-state index contributed by atoms with van der Waals surface area (Å²) in [4.78, 5) is 3.92. The SMILES string of the molecule is Nc1cnccc1NCCn1cccn1. The summed E-state index contributed by atoms with van der Waals surface area (Å²) in [6.45, 7) is 1.60. The molecule has 5 heteroatoms. The van der Waals surface area contributed by atoms with E-state index in [-0.39, 0.29) is 0 Å². The summed E-state index contributed by atoms with van der Waals surface area (Å²) >= 11 is 0. The van der Waals surface area contributed by atoms with Gasteiger partial charge in [0.25, 0.3) is 0 Å². The summed E-state index contributed by atoms with van der Waals surface area (Å²) in [5.41, 5.74) is 7.31. The van der Waals surface area contributed by atoms with Gasteiger partial charge in [-0.25, -0.2) is 0 Å². The van der Waals surface area contributed by atoms with E-state index in [4.69, 9.17) is 5.73 Å². The molecule has 0 saturated heterocycles. The van der Waals surface area contributed by atoms with Crippen molar-refractivity contribution in [2.45, 2.75) is 6.54 Å². The number of anilines is 2. The maximum Gasteiger partial charge on any atom is 0.0736 e. The summed E-state index contributed by atoms with van der Waals surface area (Å²) in [5.74, 6) is 0. The number of hydrogen-bond donors (Lipinski definition) is 2. The van der Waals surface area contributed by atoms with Gasteiger partial charge in [-0.05, 0) is 12.1 Å². The van der Waals surface area contributed by atoms with Crippen LogP contribution in [0.1, 0.15) is 0 Å². The second kappa shape index (κ2) is 4.45. The number of nitrogen functional groups attached to an aromatic ring is 1. The summed E-state index contributed by atoms with van der Waals surface area (Å²) in [5, 5.41) is 7.33. The van der Waals surface area contributed by atoms with Crippen molar-refractivity contribution in [2.24, 2.45) is 0 Å². The Morgan fingerprint density at radius 3 is 3.07 bits per heavy atom. The molecule has 0 aliphatic rings. The van der Waals surface area contributed by atoms with Gasteiger partial charge in [0.05, 0.1) is 24.1 Å². The highest BCUT2D eigenvalue weighted by Crippen LogP contribution is 2.14. The fourth-order valence-electron chi connectivity index (χ4n) is 1.31. The lowest BCUT2D eigenvalue weighted by Gasteiger charge is -2.08. The first-order valence-corrected chi connectivity index (χ1v) is 4.77. The van der Waals surface area contributed by atoms with Gasteiger partial charge in [-0.1, -0.05) is 0 Å². The van der Waals surface area contributed by atoms with Crippen molar-refractivity contribution in [2.75, 3.05) is 17.6 Å². The smallest absolute Gasteiger partial charge is 0.0736 e. The first-order valence-electron chi connectivity index (χ1n) is 4.77. The molecule has 15 heavy (non-hydrogen) atoms. The van der Waals surface area contributed by atoms with Crippen molar-refractivity contribution in [3.63, 3.8) is 0 Å². The lowest BCUT2D eigenvalue weighted by Crippen LogP contribution is -2.11. The Balaban J connectivity index is 1.86. The van der Waals surface area contributed by atoms with Crippen LogP contribution >= 0.6 is 0 Å². The molecule has 0 aliphatic carbocycles. The average Bonchev–Trinajstić information content (AvgIpc) is 2.74. The van der Waals surface area contributed by atoms with Crippen LogP contribution in [0.25, 0.3) is 0 Å². The van der Waals surface area contributed by atoms with E-state index in [9.17, 15) is 0 Å². The highest BCUT2D eigenvalue weighted by atomic mass is 15.3. The first-order chi connectivity index (χ1) is 7.36. The molecule has 2 aromatic rings. The van der Waals surface area contributed by atoms with Crippen molar-refractivity contribution in [1.82, 2.24) is 14.8 Å².